The number of hydrogen-bond donors (Lipinski definition) is 2. The van der Waals surface area contributed by atoms with Gasteiger partial charge in [-0.25, -0.2) is 0 Å². The molecule has 0 aliphatic heterocycles. The van der Waals surface area contributed by atoms with Crippen LogP contribution in [0.2, 0.25) is 5.02 Å². The molecule has 0 fully saturated rings. The molecule has 1 aromatic carbocycles. The van der Waals surface area contributed by atoms with Crippen LogP contribution >= 0.6 is 11.6 Å². The van der Waals surface area contributed by atoms with Crippen LogP contribution in [-0.4, -0.2) is 23.6 Å². The molecule has 1 amide bonds. The molecule has 1 aromatic heterocycles. The number of rotatable bonds is 3. The van der Waals surface area contributed by atoms with Crippen LogP contribution in [0.1, 0.15) is 17.7 Å². The van der Waals surface area contributed by atoms with Gasteiger partial charge >= 0.3 is 0 Å². The first-order valence-corrected chi connectivity index (χ1v) is 7.73. The predicted molar refractivity (Wildman–Crippen MR) is 85.5 cm³/mol. The van der Waals surface area contributed by atoms with Crippen LogP contribution in [0.4, 0.5) is 0 Å². The van der Waals surface area contributed by atoms with Gasteiger partial charge in [-0.3, -0.25) is 4.79 Å². The van der Waals surface area contributed by atoms with Crippen LogP contribution in [-0.2, 0) is 24.7 Å². The van der Waals surface area contributed by atoms with Crippen molar-refractivity contribution in [1.82, 2.24) is 9.88 Å². The number of nitrogens with zero attached hydrogens (tertiary/aromatic N) is 1. The number of aromatic nitrogens is 1. The molecule has 0 spiro atoms. The Kier molecular flexibility index (Phi) is 3.91. The number of aryl methyl sites for hydroxylation is 1. The average molecular weight is 306 g/mol. The van der Waals surface area contributed by atoms with Crippen LogP contribution in [0, 0.1) is 5.92 Å². The van der Waals surface area contributed by atoms with E-state index in [9.17, 15) is 4.79 Å². The molecule has 2 aromatic rings. The summed E-state index contributed by atoms with van der Waals surface area (Å²) in [5, 5.41) is 4.82. The van der Waals surface area contributed by atoms with Gasteiger partial charge in [0.25, 0.3) is 0 Å². The number of nitrogens with two attached hydrogens (primary N) is 1. The number of fused-ring (bicyclic) bond motifs is 3. The van der Waals surface area contributed by atoms with Crippen molar-refractivity contribution in [2.45, 2.75) is 19.3 Å². The second-order valence-electron chi connectivity index (χ2n) is 5.67. The van der Waals surface area contributed by atoms with Gasteiger partial charge in [0.05, 0.1) is 0 Å². The van der Waals surface area contributed by atoms with Gasteiger partial charge < -0.3 is 15.6 Å². The highest BCUT2D eigenvalue weighted by atomic mass is 35.5. The number of carbonyl (C=O) groups excluding carboxylic acids is 1. The first kappa shape index (κ1) is 14.4. The molecular weight excluding hydrogens is 286 g/mol. The topological polar surface area (TPSA) is 60.0 Å². The molecule has 0 saturated carbocycles. The van der Waals surface area contributed by atoms with Crippen molar-refractivity contribution in [2.24, 2.45) is 18.7 Å². The first-order chi connectivity index (χ1) is 10.1. The molecule has 1 aliphatic carbocycles. The Morgan fingerprint density at radius 2 is 2.33 bits per heavy atom. The maximum atomic E-state index is 12.2. The van der Waals surface area contributed by atoms with E-state index in [1.54, 1.807) is 0 Å². The predicted octanol–water partition coefficient (Wildman–Crippen LogP) is 2.01. The van der Waals surface area contributed by atoms with E-state index >= 15 is 0 Å². The van der Waals surface area contributed by atoms with Crippen LogP contribution in [0.3, 0.4) is 0 Å². The third-order valence-corrected chi connectivity index (χ3v) is 4.63. The molecule has 5 heteroatoms. The van der Waals surface area contributed by atoms with Gasteiger partial charge in [-0.2, -0.15) is 0 Å². The van der Waals surface area contributed by atoms with Crippen molar-refractivity contribution in [1.29, 1.82) is 0 Å². The highest BCUT2D eigenvalue weighted by molar-refractivity contribution is 6.31. The summed E-state index contributed by atoms with van der Waals surface area (Å²) in [7, 11) is 2.09. The normalized spacial score (nSPS) is 17.8. The lowest BCUT2D eigenvalue weighted by atomic mass is 9.85. The Morgan fingerprint density at radius 3 is 3.10 bits per heavy atom. The summed E-state index contributed by atoms with van der Waals surface area (Å²) in [4.78, 5) is 12.2. The van der Waals surface area contributed by atoms with Crippen LogP contribution in [0.25, 0.3) is 10.9 Å². The molecule has 1 unspecified atom stereocenters. The summed E-state index contributed by atoms with van der Waals surface area (Å²) in [6.07, 6.45) is 2.60. The number of nitrogens with one attached hydrogen (secondary N) is 1. The lowest BCUT2D eigenvalue weighted by Gasteiger charge is -2.22. The maximum Gasteiger partial charge on any atom is 0.223 e. The minimum atomic E-state index is 0.0358. The van der Waals surface area contributed by atoms with Crippen LogP contribution in [0.5, 0.6) is 0 Å². The van der Waals surface area contributed by atoms with E-state index in [4.69, 9.17) is 17.3 Å². The fourth-order valence-electron chi connectivity index (χ4n) is 3.32. The van der Waals surface area contributed by atoms with Gasteiger partial charge in [-0.15, -0.1) is 0 Å². The highest BCUT2D eigenvalue weighted by Crippen LogP contribution is 2.35. The Balaban J connectivity index is 1.95. The molecule has 4 nitrogen and oxygen atoms in total. The first-order valence-electron chi connectivity index (χ1n) is 7.35. The zero-order valence-electron chi connectivity index (χ0n) is 12.2. The fraction of sp³-hybridized carbons (Fsp3) is 0.438. The minimum Gasteiger partial charge on any atom is -0.355 e. The van der Waals surface area contributed by atoms with Crippen LogP contribution in [0.15, 0.2) is 18.2 Å². The Labute approximate surface area is 129 Å². The summed E-state index contributed by atoms with van der Waals surface area (Å²) in [5.41, 5.74) is 9.23. The lowest BCUT2D eigenvalue weighted by molar-refractivity contribution is -0.125. The van der Waals surface area contributed by atoms with Gasteiger partial charge in [-0.1, -0.05) is 11.6 Å². The molecule has 1 heterocycles. The number of hydrogen-bond acceptors (Lipinski definition) is 2. The van der Waals surface area contributed by atoms with E-state index in [1.165, 1.54) is 22.2 Å². The van der Waals surface area contributed by atoms with E-state index in [0.717, 1.165) is 24.3 Å². The van der Waals surface area contributed by atoms with E-state index < -0.39 is 0 Å². The van der Waals surface area contributed by atoms with Crippen molar-refractivity contribution >= 4 is 28.4 Å². The number of benzene rings is 1. The third kappa shape index (κ3) is 2.54. The quantitative estimate of drug-likeness (QED) is 0.911. The number of carbonyl (C=O) groups is 1. The van der Waals surface area contributed by atoms with Gasteiger partial charge in [0, 0.05) is 47.7 Å². The van der Waals surface area contributed by atoms with E-state index in [1.807, 2.05) is 12.1 Å². The van der Waals surface area contributed by atoms with E-state index in [2.05, 4.69) is 23.0 Å². The maximum absolute atomic E-state index is 12.2. The molecule has 0 radical (unpaired) electrons. The molecule has 3 rings (SSSR count). The van der Waals surface area contributed by atoms with Crippen molar-refractivity contribution in [2.75, 3.05) is 13.1 Å². The summed E-state index contributed by atoms with van der Waals surface area (Å²) < 4.78 is 2.23. The molecule has 0 saturated heterocycles. The lowest BCUT2D eigenvalue weighted by Crippen LogP contribution is -2.36. The Hall–Kier alpha value is -1.52. The Morgan fingerprint density at radius 1 is 1.52 bits per heavy atom. The molecule has 3 N–H and O–H groups in total. The second kappa shape index (κ2) is 5.70. The summed E-state index contributed by atoms with van der Waals surface area (Å²) in [6, 6.07) is 5.98. The zero-order chi connectivity index (χ0) is 15.0. The van der Waals surface area contributed by atoms with Crippen molar-refractivity contribution < 1.29 is 4.79 Å². The van der Waals surface area contributed by atoms with Crippen molar-refractivity contribution in [3.63, 3.8) is 0 Å². The largest absolute Gasteiger partial charge is 0.355 e. The van der Waals surface area contributed by atoms with Gasteiger partial charge in [0.2, 0.25) is 5.91 Å². The monoisotopic (exact) mass is 305 g/mol. The smallest absolute Gasteiger partial charge is 0.223 e. The molecule has 21 heavy (non-hydrogen) atoms. The van der Waals surface area contributed by atoms with Crippen molar-refractivity contribution in [3.05, 3.63) is 34.5 Å². The molecule has 1 aliphatic rings. The molecular formula is C16H20ClN3O. The highest BCUT2D eigenvalue weighted by Gasteiger charge is 2.28. The molecule has 0 bridgehead atoms. The van der Waals surface area contributed by atoms with E-state index in [0.29, 0.717) is 13.1 Å². The second-order valence-corrected chi connectivity index (χ2v) is 6.10. The standard InChI is InChI=1S/C16H20ClN3O/c1-20-14-4-2-10(16(21)19-7-6-18)8-12(14)13-9-11(17)3-5-15(13)20/h3,5,9-10H,2,4,6-8,18H2,1H3,(H,19,21). The minimum absolute atomic E-state index is 0.0358. The fourth-order valence-corrected chi connectivity index (χ4v) is 3.49. The number of halogens is 1. The summed E-state index contributed by atoms with van der Waals surface area (Å²) in [5.74, 6) is 0.152. The van der Waals surface area contributed by atoms with Gasteiger partial charge in [0.1, 0.15) is 0 Å². The molecule has 1 atom stereocenters. The van der Waals surface area contributed by atoms with Gasteiger partial charge in [-0.05, 0) is 43.0 Å². The number of amides is 1. The van der Waals surface area contributed by atoms with Crippen molar-refractivity contribution in [3.8, 4) is 0 Å². The third-order valence-electron chi connectivity index (χ3n) is 4.39. The zero-order valence-corrected chi connectivity index (χ0v) is 12.9. The SMILES string of the molecule is Cn1c2c(c3cc(Cl)ccc31)CC(C(=O)NCCN)CC2. The summed E-state index contributed by atoms with van der Waals surface area (Å²) in [6.45, 7) is 1.02. The summed E-state index contributed by atoms with van der Waals surface area (Å²) >= 11 is 6.14. The van der Waals surface area contributed by atoms with Gasteiger partial charge in [0.15, 0.2) is 0 Å². The molecule has 112 valence electrons. The average Bonchev–Trinajstić information content (AvgIpc) is 2.77. The Bertz CT molecular complexity index is 692. The van der Waals surface area contributed by atoms with E-state index in [-0.39, 0.29) is 11.8 Å². The van der Waals surface area contributed by atoms with Crippen LogP contribution < -0.4 is 11.1 Å².